The molecule has 4 nitrogen and oxygen atoms in total. The van der Waals surface area contributed by atoms with Gasteiger partial charge >= 0.3 is 0 Å². The lowest BCUT2D eigenvalue weighted by Crippen LogP contribution is -2.43. The molecule has 1 saturated carbocycles. The first-order valence-electron chi connectivity index (χ1n) is 7.96. The SMILES string of the molecule is CN=C(NCCN(C)C1CCCCC1)NCc1cccs1. The van der Waals surface area contributed by atoms with Crippen molar-refractivity contribution < 1.29 is 0 Å². The summed E-state index contributed by atoms with van der Waals surface area (Å²) in [6.45, 7) is 2.86. The van der Waals surface area contributed by atoms with Gasteiger partial charge in [-0.3, -0.25) is 4.99 Å². The summed E-state index contributed by atoms with van der Waals surface area (Å²) in [5, 5.41) is 8.86. The molecule has 1 heterocycles. The van der Waals surface area contributed by atoms with Crippen LogP contribution in [0, 0.1) is 0 Å². The standard InChI is InChI=1S/C16H28N4S/c1-17-16(19-13-15-9-6-12-21-15)18-10-11-20(2)14-7-4-3-5-8-14/h6,9,12,14H,3-5,7-8,10-11,13H2,1-2H3,(H2,17,18,19). The van der Waals surface area contributed by atoms with Gasteiger partial charge < -0.3 is 15.5 Å². The van der Waals surface area contributed by atoms with Crippen LogP contribution in [0.2, 0.25) is 0 Å². The minimum Gasteiger partial charge on any atom is -0.355 e. The maximum atomic E-state index is 4.28. The van der Waals surface area contributed by atoms with Crippen molar-refractivity contribution in [3.8, 4) is 0 Å². The highest BCUT2D eigenvalue weighted by Gasteiger charge is 2.17. The van der Waals surface area contributed by atoms with Crippen molar-refractivity contribution in [2.24, 2.45) is 4.99 Å². The van der Waals surface area contributed by atoms with Crippen LogP contribution in [0.4, 0.5) is 0 Å². The summed E-state index contributed by atoms with van der Waals surface area (Å²) in [6.07, 6.45) is 6.94. The molecule has 1 aliphatic rings. The molecule has 1 aliphatic carbocycles. The van der Waals surface area contributed by atoms with Crippen molar-refractivity contribution in [1.82, 2.24) is 15.5 Å². The molecule has 0 atom stereocenters. The normalized spacial score (nSPS) is 17.2. The van der Waals surface area contributed by atoms with Gasteiger partial charge in [-0.2, -0.15) is 0 Å². The van der Waals surface area contributed by atoms with Crippen LogP contribution in [0.15, 0.2) is 22.5 Å². The zero-order valence-electron chi connectivity index (χ0n) is 13.3. The molecular formula is C16H28N4S. The third-order valence-electron chi connectivity index (χ3n) is 4.19. The molecule has 1 aromatic heterocycles. The van der Waals surface area contributed by atoms with Crippen molar-refractivity contribution in [3.63, 3.8) is 0 Å². The molecule has 2 rings (SSSR count). The summed E-state index contributed by atoms with van der Waals surface area (Å²) >= 11 is 1.77. The molecule has 0 radical (unpaired) electrons. The molecule has 0 aliphatic heterocycles. The molecule has 2 N–H and O–H groups in total. The fourth-order valence-corrected chi connectivity index (χ4v) is 3.50. The predicted octanol–water partition coefficient (Wildman–Crippen LogP) is 2.68. The summed E-state index contributed by atoms with van der Waals surface area (Å²) in [6, 6.07) is 5.00. The zero-order valence-corrected chi connectivity index (χ0v) is 14.1. The Bertz CT molecular complexity index is 410. The van der Waals surface area contributed by atoms with Gasteiger partial charge in [0.25, 0.3) is 0 Å². The van der Waals surface area contributed by atoms with E-state index < -0.39 is 0 Å². The lowest BCUT2D eigenvalue weighted by atomic mass is 9.94. The van der Waals surface area contributed by atoms with Gasteiger partial charge in [0, 0.05) is 31.1 Å². The number of rotatable bonds is 6. The topological polar surface area (TPSA) is 39.7 Å². The van der Waals surface area contributed by atoms with Gasteiger partial charge in [0.15, 0.2) is 5.96 Å². The Balaban J connectivity index is 1.63. The van der Waals surface area contributed by atoms with E-state index in [9.17, 15) is 0 Å². The first-order valence-corrected chi connectivity index (χ1v) is 8.84. The van der Waals surface area contributed by atoms with E-state index in [-0.39, 0.29) is 0 Å². The first kappa shape index (κ1) is 16.3. The van der Waals surface area contributed by atoms with E-state index in [0.29, 0.717) is 0 Å². The number of aliphatic imine (C=N–C) groups is 1. The van der Waals surface area contributed by atoms with E-state index >= 15 is 0 Å². The van der Waals surface area contributed by atoms with E-state index in [1.54, 1.807) is 11.3 Å². The van der Waals surface area contributed by atoms with Crippen molar-refractivity contribution >= 4 is 17.3 Å². The second-order valence-corrected chi connectivity index (χ2v) is 6.74. The molecule has 1 aromatic rings. The van der Waals surface area contributed by atoms with Crippen LogP contribution in [0.5, 0.6) is 0 Å². The van der Waals surface area contributed by atoms with Gasteiger partial charge in [0.1, 0.15) is 0 Å². The number of hydrogen-bond donors (Lipinski definition) is 2. The molecule has 1 fully saturated rings. The maximum absolute atomic E-state index is 4.28. The summed E-state index contributed by atoms with van der Waals surface area (Å²) in [5.41, 5.74) is 0. The molecule has 0 unspecified atom stereocenters. The Morgan fingerprint density at radius 1 is 1.33 bits per heavy atom. The van der Waals surface area contributed by atoms with E-state index in [2.05, 4.69) is 45.1 Å². The second kappa shape index (κ2) is 9.05. The lowest BCUT2D eigenvalue weighted by Gasteiger charge is -2.31. The Morgan fingerprint density at radius 2 is 2.14 bits per heavy atom. The van der Waals surface area contributed by atoms with Gasteiger partial charge in [-0.15, -0.1) is 11.3 Å². The predicted molar refractivity (Wildman–Crippen MR) is 92.0 cm³/mol. The van der Waals surface area contributed by atoms with Crippen LogP contribution in [0.3, 0.4) is 0 Å². The van der Waals surface area contributed by atoms with Crippen LogP contribution in [0.1, 0.15) is 37.0 Å². The Hall–Kier alpha value is -1.07. The average molecular weight is 308 g/mol. The fourth-order valence-electron chi connectivity index (χ4n) is 2.86. The zero-order chi connectivity index (χ0) is 14.9. The molecular weight excluding hydrogens is 280 g/mol. The summed E-state index contributed by atoms with van der Waals surface area (Å²) in [4.78, 5) is 8.11. The number of likely N-dealkylation sites (N-methyl/N-ethyl adjacent to an activating group) is 1. The largest absolute Gasteiger partial charge is 0.355 e. The summed E-state index contributed by atoms with van der Waals surface area (Å²) in [5.74, 6) is 0.889. The molecule has 5 heteroatoms. The summed E-state index contributed by atoms with van der Waals surface area (Å²) in [7, 11) is 4.08. The number of thiophene rings is 1. The van der Waals surface area contributed by atoms with E-state index in [1.165, 1.54) is 37.0 Å². The number of nitrogens with zero attached hydrogens (tertiary/aromatic N) is 2. The molecule has 0 bridgehead atoms. The van der Waals surface area contributed by atoms with E-state index in [1.807, 2.05) is 7.05 Å². The minimum absolute atomic E-state index is 0.779. The molecule has 0 amide bonds. The number of hydrogen-bond acceptors (Lipinski definition) is 3. The van der Waals surface area contributed by atoms with Crippen LogP contribution < -0.4 is 10.6 Å². The van der Waals surface area contributed by atoms with Gasteiger partial charge in [0.2, 0.25) is 0 Å². The Morgan fingerprint density at radius 3 is 2.81 bits per heavy atom. The van der Waals surface area contributed by atoms with Gasteiger partial charge in [-0.1, -0.05) is 25.3 Å². The first-order chi connectivity index (χ1) is 10.3. The fraction of sp³-hybridized carbons (Fsp3) is 0.688. The van der Waals surface area contributed by atoms with Crippen molar-refractivity contribution in [3.05, 3.63) is 22.4 Å². The molecule has 21 heavy (non-hydrogen) atoms. The van der Waals surface area contributed by atoms with E-state index in [0.717, 1.165) is 31.6 Å². The maximum Gasteiger partial charge on any atom is 0.191 e. The Kier molecular flexibility index (Phi) is 7.03. The van der Waals surface area contributed by atoms with Crippen molar-refractivity contribution in [2.45, 2.75) is 44.7 Å². The third kappa shape index (κ3) is 5.67. The van der Waals surface area contributed by atoms with Crippen molar-refractivity contribution in [2.75, 3.05) is 27.2 Å². The molecule has 0 aromatic carbocycles. The molecule has 118 valence electrons. The summed E-state index contributed by atoms with van der Waals surface area (Å²) < 4.78 is 0. The van der Waals surface area contributed by atoms with Gasteiger partial charge in [-0.25, -0.2) is 0 Å². The Labute approximate surface area is 132 Å². The van der Waals surface area contributed by atoms with Gasteiger partial charge in [-0.05, 0) is 31.3 Å². The third-order valence-corrected chi connectivity index (χ3v) is 5.07. The van der Waals surface area contributed by atoms with Crippen LogP contribution in [-0.2, 0) is 6.54 Å². The number of nitrogens with one attached hydrogen (secondary N) is 2. The monoisotopic (exact) mass is 308 g/mol. The van der Waals surface area contributed by atoms with Crippen molar-refractivity contribution in [1.29, 1.82) is 0 Å². The van der Waals surface area contributed by atoms with Crippen LogP contribution >= 0.6 is 11.3 Å². The lowest BCUT2D eigenvalue weighted by molar-refractivity contribution is 0.194. The van der Waals surface area contributed by atoms with Crippen LogP contribution in [-0.4, -0.2) is 44.1 Å². The smallest absolute Gasteiger partial charge is 0.191 e. The average Bonchev–Trinajstić information content (AvgIpc) is 3.04. The highest BCUT2D eigenvalue weighted by atomic mass is 32.1. The highest BCUT2D eigenvalue weighted by molar-refractivity contribution is 7.09. The van der Waals surface area contributed by atoms with Crippen LogP contribution in [0.25, 0.3) is 0 Å². The highest BCUT2D eigenvalue weighted by Crippen LogP contribution is 2.21. The molecule has 0 spiro atoms. The minimum atomic E-state index is 0.779. The number of guanidine groups is 1. The van der Waals surface area contributed by atoms with Gasteiger partial charge in [0.05, 0.1) is 6.54 Å². The quantitative estimate of drug-likeness (QED) is 0.627. The second-order valence-electron chi connectivity index (χ2n) is 5.70. The van der Waals surface area contributed by atoms with E-state index in [4.69, 9.17) is 0 Å². The molecule has 0 saturated heterocycles.